The molecule has 0 saturated heterocycles. The summed E-state index contributed by atoms with van der Waals surface area (Å²) in [4.78, 5) is 0. The SMILES string of the molecule is Clc1c(Cl)c2c3c(c(Cl)c(Cl)c(Cl)c3c1Cl)C(Cl)(Cl)N2Cl. The fourth-order valence-corrected chi connectivity index (χ4v) is 4.85. The smallest absolute Gasteiger partial charge is 0.232 e. The fraction of sp³-hybridized carbons (Fsp3) is 0.0909. The Morgan fingerprint density at radius 3 is 1.62 bits per heavy atom. The molecule has 21 heavy (non-hydrogen) atoms. The van der Waals surface area contributed by atoms with E-state index in [9.17, 15) is 0 Å². The number of nitrogens with zero attached hydrogens (tertiary/aromatic N) is 1. The van der Waals surface area contributed by atoms with Crippen LogP contribution in [0.15, 0.2) is 0 Å². The summed E-state index contributed by atoms with van der Waals surface area (Å²) >= 11 is 55.9. The molecule has 0 spiro atoms. The molecule has 1 aliphatic heterocycles. The Bertz CT molecular complexity index is 806. The summed E-state index contributed by atoms with van der Waals surface area (Å²) < 4.78 is -0.692. The molecule has 0 radical (unpaired) electrons. The first-order valence-corrected chi connectivity index (χ1v) is 8.49. The molecule has 0 N–H and O–H groups in total. The van der Waals surface area contributed by atoms with Crippen molar-refractivity contribution in [3.8, 4) is 0 Å². The van der Waals surface area contributed by atoms with Crippen LogP contribution in [0.1, 0.15) is 5.56 Å². The van der Waals surface area contributed by atoms with Crippen LogP contribution in [0.2, 0.25) is 30.1 Å². The number of rotatable bonds is 0. The van der Waals surface area contributed by atoms with Gasteiger partial charge in [0, 0.05) is 28.1 Å². The van der Waals surface area contributed by atoms with Gasteiger partial charge in [-0.3, -0.25) is 0 Å². The molecule has 1 aliphatic rings. The third kappa shape index (κ3) is 2.06. The average Bonchev–Trinajstić information content (AvgIpc) is 2.61. The maximum atomic E-state index is 6.29. The van der Waals surface area contributed by atoms with E-state index in [4.69, 9.17) is 105 Å². The lowest BCUT2D eigenvalue weighted by Gasteiger charge is -2.24. The third-order valence-electron chi connectivity index (χ3n) is 3.12. The molecule has 1 nitrogen and oxygen atoms in total. The molecule has 0 aromatic heterocycles. The molecule has 0 bridgehead atoms. The van der Waals surface area contributed by atoms with Gasteiger partial charge in [0.15, 0.2) is 0 Å². The molecule has 0 saturated carbocycles. The van der Waals surface area contributed by atoms with Crippen molar-refractivity contribution < 1.29 is 0 Å². The summed E-state index contributed by atoms with van der Waals surface area (Å²) in [6.07, 6.45) is 0. The number of halogens is 9. The van der Waals surface area contributed by atoms with Gasteiger partial charge in [-0.15, -0.1) is 0 Å². The van der Waals surface area contributed by atoms with E-state index in [2.05, 4.69) is 0 Å². The van der Waals surface area contributed by atoms with Crippen molar-refractivity contribution in [3.05, 3.63) is 35.7 Å². The van der Waals surface area contributed by atoms with E-state index in [-0.39, 0.29) is 41.4 Å². The van der Waals surface area contributed by atoms with Crippen LogP contribution in [0.5, 0.6) is 0 Å². The van der Waals surface area contributed by atoms with Crippen LogP contribution in [0.3, 0.4) is 0 Å². The van der Waals surface area contributed by atoms with E-state index in [1.165, 1.54) is 0 Å². The van der Waals surface area contributed by atoms with Crippen molar-refractivity contribution >= 4 is 121 Å². The van der Waals surface area contributed by atoms with Gasteiger partial charge in [0.25, 0.3) is 0 Å². The normalized spacial score (nSPS) is 16.1. The van der Waals surface area contributed by atoms with E-state index in [0.29, 0.717) is 10.8 Å². The van der Waals surface area contributed by atoms with E-state index >= 15 is 0 Å². The van der Waals surface area contributed by atoms with Gasteiger partial charge in [0.1, 0.15) is 0 Å². The highest BCUT2D eigenvalue weighted by Crippen LogP contribution is 2.63. The molecule has 0 unspecified atom stereocenters. The van der Waals surface area contributed by atoms with Gasteiger partial charge in [0.2, 0.25) is 4.46 Å². The Kier molecular flexibility index (Phi) is 4.28. The number of hydrogen-bond donors (Lipinski definition) is 0. The maximum Gasteiger partial charge on any atom is 0.232 e. The molecule has 1 heterocycles. The summed E-state index contributed by atoms with van der Waals surface area (Å²) in [7, 11) is 0. The zero-order valence-electron chi connectivity index (χ0n) is 9.35. The van der Waals surface area contributed by atoms with Gasteiger partial charge in [-0.2, -0.15) is 0 Å². The molecule has 3 rings (SSSR count). The number of alkyl halides is 2. The number of hydrogen-bond acceptors (Lipinski definition) is 1. The summed E-state index contributed by atoms with van der Waals surface area (Å²) in [6.45, 7) is 0. The molecule has 10 heteroatoms. The van der Waals surface area contributed by atoms with Crippen molar-refractivity contribution in [2.24, 2.45) is 0 Å². The van der Waals surface area contributed by atoms with Gasteiger partial charge in [-0.25, -0.2) is 4.42 Å². The zero-order chi connectivity index (χ0) is 15.9. The van der Waals surface area contributed by atoms with Crippen LogP contribution < -0.4 is 4.42 Å². The summed E-state index contributed by atoms with van der Waals surface area (Å²) in [5.74, 6) is 0. The minimum absolute atomic E-state index is 0.0460. The molecular formula is C11Cl9N. The monoisotopic (exact) mass is 461 g/mol. The standard InChI is InChI=1S/C11Cl9N/c12-4-2-1-3(6(14)7(4)15)11(18,19)21(20)10(1)9(17)8(16)5(2)13. The van der Waals surface area contributed by atoms with Gasteiger partial charge < -0.3 is 0 Å². The van der Waals surface area contributed by atoms with E-state index < -0.39 is 4.46 Å². The van der Waals surface area contributed by atoms with Crippen molar-refractivity contribution in [1.82, 2.24) is 0 Å². The van der Waals surface area contributed by atoms with Crippen LogP contribution >= 0.6 is 105 Å². The highest BCUT2D eigenvalue weighted by Gasteiger charge is 2.48. The number of anilines is 1. The topological polar surface area (TPSA) is 3.24 Å². The lowest BCUT2D eigenvalue weighted by atomic mass is 10.0. The minimum atomic E-state index is -1.70. The second-order valence-corrected chi connectivity index (χ2v) is 8.07. The van der Waals surface area contributed by atoms with Crippen molar-refractivity contribution in [2.75, 3.05) is 4.42 Å². The summed E-state index contributed by atoms with van der Waals surface area (Å²) in [5, 5.41) is 1.23. The molecule has 0 amide bonds. The Morgan fingerprint density at radius 2 is 1.10 bits per heavy atom. The molecule has 0 atom stereocenters. The fourth-order valence-electron chi connectivity index (χ4n) is 2.23. The van der Waals surface area contributed by atoms with Crippen LogP contribution in [-0.4, -0.2) is 0 Å². The van der Waals surface area contributed by atoms with Crippen LogP contribution in [0.4, 0.5) is 5.69 Å². The second kappa shape index (κ2) is 5.31. The summed E-state index contributed by atoms with van der Waals surface area (Å²) in [6, 6.07) is 0. The Morgan fingerprint density at radius 1 is 0.619 bits per heavy atom. The molecular weight excluding hydrogens is 465 g/mol. The van der Waals surface area contributed by atoms with Crippen LogP contribution in [0, 0.1) is 0 Å². The molecule has 2 aromatic carbocycles. The van der Waals surface area contributed by atoms with E-state index in [0.717, 1.165) is 4.42 Å². The zero-order valence-corrected chi connectivity index (χ0v) is 16.2. The molecule has 2 aromatic rings. The van der Waals surface area contributed by atoms with Crippen LogP contribution in [0.25, 0.3) is 10.8 Å². The van der Waals surface area contributed by atoms with Gasteiger partial charge in [0.05, 0.1) is 35.8 Å². The molecule has 112 valence electrons. The lowest BCUT2D eigenvalue weighted by Crippen LogP contribution is -2.25. The maximum absolute atomic E-state index is 6.29. The molecule has 0 fully saturated rings. The Labute approximate surface area is 164 Å². The third-order valence-corrected chi connectivity index (χ3v) is 7.07. The Balaban J connectivity index is 2.72. The number of benzene rings is 2. The highest BCUT2D eigenvalue weighted by atomic mass is 35.5. The van der Waals surface area contributed by atoms with E-state index in [1.807, 2.05) is 0 Å². The first kappa shape index (κ1) is 17.0. The van der Waals surface area contributed by atoms with Crippen molar-refractivity contribution in [3.63, 3.8) is 0 Å². The first-order valence-electron chi connectivity index (χ1n) is 5.13. The van der Waals surface area contributed by atoms with Gasteiger partial charge in [-0.1, -0.05) is 92.8 Å². The summed E-state index contributed by atoms with van der Waals surface area (Å²) in [5.41, 5.74) is 0.519. The second-order valence-electron chi connectivity index (χ2n) is 4.18. The largest absolute Gasteiger partial charge is 0.244 e. The van der Waals surface area contributed by atoms with Gasteiger partial charge in [-0.05, 0) is 0 Å². The first-order chi connectivity index (χ1) is 9.62. The van der Waals surface area contributed by atoms with Gasteiger partial charge >= 0.3 is 0 Å². The lowest BCUT2D eigenvalue weighted by molar-refractivity contribution is 0.951. The van der Waals surface area contributed by atoms with Crippen molar-refractivity contribution in [2.45, 2.75) is 4.46 Å². The minimum Gasteiger partial charge on any atom is -0.244 e. The molecule has 0 aliphatic carbocycles. The quantitative estimate of drug-likeness (QED) is 0.164. The Hall–Kier alpha value is 1.11. The predicted molar refractivity (Wildman–Crippen MR) is 95.7 cm³/mol. The van der Waals surface area contributed by atoms with E-state index in [1.54, 1.807) is 0 Å². The average molecular weight is 465 g/mol. The predicted octanol–water partition coefficient (Wildman–Crippen LogP) is 8.32. The highest BCUT2D eigenvalue weighted by molar-refractivity contribution is 6.63. The van der Waals surface area contributed by atoms with Crippen molar-refractivity contribution in [1.29, 1.82) is 0 Å². The van der Waals surface area contributed by atoms with Crippen LogP contribution in [-0.2, 0) is 4.46 Å².